The van der Waals surface area contributed by atoms with Gasteiger partial charge in [0.2, 0.25) is 0 Å². The zero-order chi connectivity index (χ0) is 13.3. The monoisotopic (exact) mass is 267 g/mol. The largest absolute Gasteiger partial charge is 0.480 e. The lowest BCUT2D eigenvalue weighted by molar-refractivity contribution is -0.138. The van der Waals surface area contributed by atoms with Crippen LogP contribution in [0.1, 0.15) is 17.3 Å². The Bertz CT molecular complexity index is 675. The van der Waals surface area contributed by atoms with E-state index in [2.05, 4.69) is 10.3 Å². The van der Waals surface area contributed by atoms with Crippen molar-refractivity contribution in [3.8, 4) is 0 Å². The molecule has 2 aromatic rings. The molecule has 7 nitrogen and oxygen atoms in total. The van der Waals surface area contributed by atoms with Crippen molar-refractivity contribution >= 4 is 28.2 Å². The number of thiazole rings is 1. The molecule has 0 aliphatic rings. The molecule has 0 radical (unpaired) electrons. The molecule has 2 rings (SSSR count). The first kappa shape index (κ1) is 12.2. The van der Waals surface area contributed by atoms with Crippen molar-refractivity contribution in [2.24, 2.45) is 0 Å². The van der Waals surface area contributed by atoms with Crippen LogP contribution in [0.4, 0.5) is 0 Å². The Morgan fingerprint density at radius 1 is 1.56 bits per heavy atom. The van der Waals surface area contributed by atoms with E-state index in [9.17, 15) is 14.4 Å². The number of hydrogen-bond acceptors (Lipinski definition) is 5. The van der Waals surface area contributed by atoms with E-state index in [0.29, 0.717) is 4.96 Å². The first-order chi connectivity index (χ1) is 8.50. The van der Waals surface area contributed by atoms with E-state index in [1.807, 2.05) is 0 Å². The standard InChI is InChI=1S/C10H9N3O4S/c1-5(9(16)17)12-7(14)6-4-11-10-13(8(6)15)2-3-18-10/h2-5H,1H3,(H,12,14)(H,16,17)/t5-/m1/s1. The number of rotatable bonds is 3. The van der Waals surface area contributed by atoms with E-state index >= 15 is 0 Å². The quantitative estimate of drug-likeness (QED) is 0.812. The maximum atomic E-state index is 11.9. The third-order valence-electron chi connectivity index (χ3n) is 2.31. The highest BCUT2D eigenvalue weighted by Gasteiger charge is 2.18. The molecule has 2 heterocycles. The van der Waals surface area contributed by atoms with Crippen LogP contribution in [0.15, 0.2) is 22.6 Å². The van der Waals surface area contributed by atoms with Crippen LogP contribution < -0.4 is 10.9 Å². The van der Waals surface area contributed by atoms with Crippen molar-refractivity contribution in [3.63, 3.8) is 0 Å². The average Bonchev–Trinajstić information content (AvgIpc) is 2.78. The van der Waals surface area contributed by atoms with Gasteiger partial charge in [-0.25, -0.2) is 4.98 Å². The number of carbonyl (C=O) groups is 2. The predicted molar refractivity (Wildman–Crippen MR) is 63.9 cm³/mol. The second-order valence-electron chi connectivity index (χ2n) is 3.57. The first-order valence-electron chi connectivity index (χ1n) is 4.99. The minimum atomic E-state index is -1.17. The van der Waals surface area contributed by atoms with E-state index in [0.717, 1.165) is 6.20 Å². The number of aromatic nitrogens is 2. The fourth-order valence-corrected chi connectivity index (χ4v) is 1.99. The van der Waals surface area contributed by atoms with Gasteiger partial charge in [0.25, 0.3) is 11.5 Å². The molecule has 0 saturated heterocycles. The number of nitrogens with one attached hydrogen (secondary N) is 1. The molecule has 8 heteroatoms. The summed E-state index contributed by atoms with van der Waals surface area (Å²) in [5.41, 5.74) is -0.699. The van der Waals surface area contributed by atoms with Gasteiger partial charge in [-0.3, -0.25) is 18.8 Å². The Morgan fingerprint density at radius 2 is 2.28 bits per heavy atom. The molecule has 2 N–H and O–H groups in total. The van der Waals surface area contributed by atoms with Crippen LogP contribution in [0.5, 0.6) is 0 Å². The van der Waals surface area contributed by atoms with Crippen molar-refractivity contribution in [2.75, 3.05) is 0 Å². The summed E-state index contributed by atoms with van der Waals surface area (Å²) in [7, 11) is 0. The van der Waals surface area contributed by atoms with Gasteiger partial charge < -0.3 is 10.4 Å². The second kappa shape index (κ2) is 4.57. The molecule has 0 aromatic carbocycles. The topological polar surface area (TPSA) is 101 Å². The van der Waals surface area contributed by atoms with Crippen LogP contribution in [0.25, 0.3) is 4.96 Å². The molecule has 0 spiro atoms. The highest BCUT2D eigenvalue weighted by molar-refractivity contribution is 7.15. The van der Waals surface area contributed by atoms with E-state index in [4.69, 9.17) is 5.11 Å². The number of amides is 1. The van der Waals surface area contributed by atoms with Crippen molar-refractivity contribution < 1.29 is 14.7 Å². The molecule has 0 saturated carbocycles. The van der Waals surface area contributed by atoms with Gasteiger partial charge in [0, 0.05) is 17.8 Å². The summed E-state index contributed by atoms with van der Waals surface area (Å²) in [5.74, 6) is -1.92. The Morgan fingerprint density at radius 3 is 2.94 bits per heavy atom. The second-order valence-corrected chi connectivity index (χ2v) is 4.44. The lowest BCUT2D eigenvalue weighted by Crippen LogP contribution is -2.40. The van der Waals surface area contributed by atoms with Crippen molar-refractivity contribution in [2.45, 2.75) is 13.0 Å². The Balaban J connectivity index is 2.36. The lowest BCUT2D eigenvalue weighted by Gasteiger charge is -2.08. The molecule has 0 unspecified atom stereocenters. The normalized spacial score (nSPS) is 12.3. The summed E-state index contributed by atoms with van der Waals surface area (Å²) >= 11 is 1.27. The molecular weight excluding hydrogens is 258 g/mol. The van der Waals surface area contributed by atoms with Gasteiger partial charge in [0.05, 0.1) is 0 Å². The lowest BCUT2D eigenvalue weighted by atomic mass is 10.2. The molecular formula is C10H9N3O4S. The van der Waals surface area contributed by atoms with Crippen LogP contribution in [-0.2, 0) is 4.79 Å². The Labute approximate surface area is 105 Å². The molecule has 0 aliphatic carbocycles. The fourth-order valence-electron chi connectivity index (χ4n) is 1.32. The third kappa shape index (κ3) is 2.09. The molecule has 2 aromatic heterocycles. The minimum Gasteiger partial charge on any atom is -0.480 e. The van der Waals surface area contributed by atoms with Crippen LogP contribution in [0.2, 0.25) is 0 Å². The van der Waals surface area contributed by atoms with Crippen LogP contribution in [0.3, 0.4) is 0 Å². The summed E-state index contributed by atoms with van der Waals surface area (Å²) in [4.78, 5) is 38.7. The van der Waals surface area contributed by atoms with Gasteiger partial charge in [0.1, 0.15) is 11.6 Å². The Kier molecular flexibility index (Phi) is 3.11. The van der Waals surface area contributed by atoms with E-state index < -0.39 is 23.5 Å². The summed E-state index contributed by atoms with van der Waals surface area (Å²) in [6, 6.07) is -1.07. The number of nitrogens with zero attached hydrogens (tertiary/aromatic N) is 2. The maximum absolute atomic E-state index is 11.9. The fraction of sp³-hybridized carbons (Fsp3) is 0.200. The molecule has 1 amide bonds. The zero-order valence-corrected chi connectivity index (χ0v) is 10.1. The number of carbonyl (C=O) groups excluding carboxylic acids is 1. The number of hydrogen-bond donors (Lipinski definition) is 2. The first-order valence-corrected chi connectivity index (χ1v) is 5.87. The summed E-state index contributed by atoms with van der Waals surface area (Å²) in [5, 5.41) is 12.6. The maximum Gasteiger partial charge on any atom is 0.325 e. The highest BCUT2D eigenvalue weighted by Crippen LogP contribution is 2.05. The molecule has 0 bridgehead atoms. The average molecular weight is 267 g/mol. The SMILES string of the molecule is C[C@@H](NC(=O)c1cnc2sccn2c1=O)C(=O)O. The Hall–Kier alpha value is -2.22. The minimum absolute atomic E-state index is 0.181. The van der Waals surface area contributed by atoms with Gasteiger partial charge in [-0.1, -0.05) is 0 Å². The molecule has 1 atom stereocenters. The van der Waals surface area contributed by atoms with Gasteiger partial charge in [-0.2, -0.15) is 0 Å². The molecule has 18 heavy (non-hydrogen) atoms. The number of carboxylic acids is 1. The van der Waals surface area contributed by atoms with Gasteiger partial charge in [-0.05, 0) is 6.92 Å². The van der Waals surface area contributed by atoms with E-state index in [1.54, 1.807) is 5.38 Å². The summed E-state index contributed by atoms with van der Waals surface area (Å²) in [6.07, 6.45) is 2.66. The van der Waals surface area contributed by atoms with Crippen LogP contribution in [-0.4, -0.2) is 32.4 Å². The van der Waals surface area contributed by atoms with Gasteiger partial charge in [0.15, 0.2) is 4.96 Å². The smallest absolute Gasteiger partial charge is 0.325 e. The van der Waals surface area contributed by atoms with Gasteiger partial charge >= 0.3 is 5.97 Å². The van der Waals surface area contributed by atoms with Gasteiger partial charge in [-0.15, -0.1) is 11.3 Å². The van der Waals surface area contributed by atoms with Crippen LogP contribution in [0, 0.1) is 0 Å². The highest BCUT2D eigenvalue weighted by atomic mass is 32.1. The van der Waals surface area contributed by atoms with E-state index in [1.165, 1.54) is 28.9 Å². The van der Waals surface area contributed by atoms with Crippen molar-refractivity contribution in [1.82, 2.24) is 14.7 Å². The van der Waals surface area contributed by atoms with Crippen LogP contribution >= 0.6 is 11.3 Å². The molecule has 94 valence electrons. The summed E-state index contributed by atoms with van der Waals surface area (Å²) in [6.45, 7) is 1.31. The van der Waals surface area contributed by atoms with Crippen molar-refractivity contribution in [3.05, 3.63) is 33.7 Å². The van der Waals surface area contributed by atoms with Crippen molar-refractivity contribution in [1.29, 1.82) is 0 Å². The number of aliphatic carboxylic acids is 1. The number of carboxylic acid groups (broad SMARTS) is 1. The molecule has 0 aliphatic heterocycles. The van der Waals surface area contributed by atoms with E-state index in [-0.39, 0.29) is 5.56 Å². The predicted octanol–water partition coefficient (Wildman–Crippen LogP) is -0.0411. The molecule has 0 fully saturated rings. The summed E-state index contributed by atoms with van der Waals surface area (Å²) < 4.78 is 1.24. The zero-order valence-electron chi connectivity index (χ0n) is 9.28. The number of fused-ring (bicyclic) bond motifs is 1. The third-order valence-corrected chi connectivity index (χ3v) is 3.08.